The van der Waals surface area contributed by atoms with Crippen LogP contribution >= 0.6 is 11.8 Å². The van der Waals surface area contributed by atoms with Gasteiger partial charge in [0.25, 0.3) is 0 Å². The second-order valence-corrected chi connectivity index (χ2v) is 11.8. The second-order valence-electron chi connectivity index (χ2n) is 10.7. The second kappa shape index (κ2) is 10.5. The number of benzene rings is 1. The van der Waals surface area contributed by atoms with Crippen LogP contribution in [0.15, 0.2) is 23.4 Å². The minimum Gasteiger partial charge on any atom is -0.374 e. The van der Waals surface area contributed by atoms with Crippen molar-refractivity contribution in [2.75, 3.05) is 24.2 Å². The molecule has 3 aliphatic rings. The SMILES string of the molecule is CCCSc1nc(N[C@@H]2C[C@H]2c2ccc(F)c(F)c2)c2nnn([C@@H]3C[C@H](OCCN)[C@H]4OC(C)(C)O[C@H]43)c2n1. The van der Waals surface area contributed by atoms with Crippen LogP contribution in [0.5, 0.6) is 0 Å². The molecular weight excluding hydrogens is 528 g/mol. The Morgan fingerprint density at radius 3 is 2.77 bits per heavy atom. The van der Waals surface area contributed by atoms with Crippen molar-refractivity contribution in [3.05, 3.63) is 35.4 Å². The number of nitrogens with zero attached hydrogens (tertiary/aromatic N) is 5. The van der Waals surface area contributed by atoms with E-state index in [1.54, 1.807) is 17.8 Å². The number of fused-ring (bicyclic) bond motifs is 2. The molecule has 3 fully saturated rings. The molecule has 2 aromatic heterocycles. The third-order valence-electron chi connectivity index (χ3n) is 7.37. The molecule has 0 bridgehead atoms. The largest absolute Gasteiger partial charge is 0.374 e. The number of rotatable bonds is 10. The molecule has 210 valence electrons. The Morgan fingerprint density at radius 1 is 1.18 bits per heavy atom. The van der Waals surface area contributed by atoms with Gasteiger partial charge in [0.05, 0.1) is 18.8 Å². The Balaban J connectivity index is 1.31. The first-order chi connectivity index (χ1) is 18.8. The molecule has 3 heterocycles. The highest BCUT2D eigenvalue weighted by molar-refractivity contribution is 7.99. The number of nitrogens with one attached hydrogen (secondary N) is 1. The van der Waals surface area contributed by atoms with Gasteiger partial charge in [0.1, 0.15) is 12.2 Å². The lowest BCUT2D eigenvalue weighted by atomic mass is 10.1. The number of hydrogen-bond donors (Lipinski definition) is 2. The van der Waals surface area contributed by atoms with Crippen LogP contribution < -0.4 is 11.1 Å². The van der Waals surface area contributed by atoms with Gasteiger partial charge in [-0.2, -0.15) is 0 Å². The fourth-order valence-electron chi connectivity index (χ4n) is 5.56. The van der Waals surface area contributed by atoms with Gasteiger partial charge in [-0.3, -0.25) is 0 Å². The summed E-state index contributed by atoms with van der Waals surface area (Å²) in [4.78, 5) is 9.60. The first kappa shape index (κ1) is 26.8. The lowest BCUT2D eigenvalue weighted by molar-refractivity contribution is -0.170. The van der Waals surface area contributed by atoms with E-state index >= 15 is 0 Å². The van der Waals surface area contributed by atoms with Gasteiger partial charge in [-0.25, -0.2) is 23.4 Å². The summed E-state index contributed by atoms with van der Waals surface area (Å²) < 4.78 is 47.6. The van der Waals surface area contributed by atoms with Crippen molar-refractivity contribution >= 4 is 28.7 Å². The number of hydrogen-bond acceptors (Lipinski definition) is 10. The summed E-state index contributed by atoms with van der Waals surface area (Å²) in [5.41, 5.74) is 7.60. The van der Waals surface area contributed by atoms with E-state index in [2.05, 4.69) is 22.6 Å². The standard InChI is InChI=1S/C26H33F2N7O3S/c1-4-9-39-25-31-23(30-17-11-14(17)13-5-6-15(27)16(28)10-13)20-24(32-25)35(34-33-20)18-12-19(36-8-7-29)22-21(18)37-26(2,3)38-22/h5-6,10,14,17-19,21-22H,4,7-9,11-12,29H2,1-3H3,(H,30,31,32)/t14-,17+,18+,19-,21-,22+/m0/s1. The zero-order valence-electron chi connectivity index (χ0n) is 22.1. The zero-order valence-corrected chi connectivity index (χ0v) is 23.0. The van der Waals surface area contributed by atoms with E-state index < -0.39 is 17.4 Å². The summed E-state index contributed by atoms with van der Waals surface area (Å²) in [6.07, 6.45) is 1.63. The topological polar surface area (TPSA) is 122 Å². The lowest BCUT2D eigenvalue weighted by Crippen LogP contribution is -2.32. The van der Waals surface area contributed by atoms with E-state index in [0.717, 1.165) is 24.2 Å². The molecule has 10 nitrogen and oxygen atoms in total. The first-order valence-electron chi connectivity index (χ1n) is 13.4. The Kier molecular flexibility index (Phi) is 7.21. The minimum absolute atomic E-state index is 0.0133. The van der Waals surface area contributed by atoms with Gasteiger partial charge in [-0.15, -0.1) is 5.10 Å². The third-order valence-corrected chi connectivity index (χ3v) is 8.42. The molecule has 0 radical (unpaired) electrons. The van der Waals surface area contributed by atoms with Crippen LogP contribution in [0, 0.1) is 11.6 Å². The molecule has 2 aliphatic carbocycles. The van der Waals surface area contributed by atoms with E-state index in [1.165, 1.54) is 12.1 Å². The van der Waals surface area contributed by atoms with Crippen molar-refractivity contribution in [2.45, 2.75) is 87.3 Å². The molecule has 6 atom stereocenters. The lowest BCUT2D eigenvalue weighted by Gasteiger charge is -2.23. The van der Waals surface area contributed by atoms with Crippen LogP contribution in [0.25, 0.3) is 11.2 Å². The quantitative estimate of drug-likeness (QED) is 0.279. The van der Waals surface area contributed by atoms with Crippen molar-refractivity contribution in [3.8, 4) is 0 Å². The number of nitrogens with two attached hydrogens (primary N) is 1. The number of halogens is 2. The number of ether oxygens (including phenoxy) is 3. The maximum Gasteiger partial charge on any atom is 0.191 e. The molecule has 3 aromatic rings. The van der Waals surface area contributed by atoms with Crippen molar-refractivity contribution in [3.63, 3.8) is 0 Å². The summed E-state index contributed by atoms with van der Waals surface area (Å²) in [6, 6.07) is 3.88. The Hall–Kier alpha value is -2.45. The molecule has 0 amide bonds. The fourth-order valence-corrected chi connectivity index (χ4v) is 6.26. The average Bonchev–Trinajstić information content (AvgIpc) is 3.24. The van der Waals surface area contributed by atoms with Gasteiger partial charge in [-0.1, -0.05) is 30.0 Å². The molecule has 2 saturated carbocycles. The fraction of sp³-hybridized carbons (Fsp3) is 0.615. The van der Waals surface area contributed by atoms with Crippen LogP contribution in [0.3, 0.4) is 0 Å². The zero-order chi connectivity index (χ0) is 27.3. The normalized spacial score (nSPS) is 29.2. The highest BCUT2D eigenvalue weighted by atomic mass is 32.2. The summed E-state index contributed by atoms with van der Waals surface area (Å²) >= 11 is 1.57. The smallest absolute Gasteiger partial charge is 0.191 e. The van der Waals surface area contributed by atoms with E-state index in [0.29, 0.717) is 41.7 Å². The maximum atomic E-state index is 13.8. The number of aromatic nitrogens is 5. The van der Waals surface area contributed by atoms with Gasteiger partial charge >= 0.3 is 0 Å². The van der Waals surface area contributed by atoms with Crippen LogP contribution in [0.4, 0.5) is 14.6 Å². The van der Waals surface area contributed by atoms with Crippen molar-refractivity contribution in [1.82, 2.24) is 25.0 Å². The van der Waals surface area contributed by atoms with Gasteiger partial charge in [0.15, 0.2) is 39.6 Å². The molecule has 6 rings (SSSR count). The molecule has 0 unspecified atom stereocenters. The van der Waals surface area contributed by atoms with E-state index in [9.17, 15) is 8.78 Å². The van der Waals surface area contributed by atoms with Crippen LogP contribution in [-0.2, 0) is 14.2 Å². The maximum absolute atomic E-state index is 13.8. The molecule has 3 N–H and O–H groups in total. The Bertz CT molecular complexity index is 1360. The predicted molar refractivity (Wildman–Crippen MR) is 142 cm³/mol. The summed E-state index contributed by atoms with van der Waals surface area (Å²) in [5.74, 6) is -0.946. The molecule has 1 aromatic carbocycles. The summed E-state index contributed by atoms with van der Waals surface area (Å²) in [6.45, 7) is 6.74. The van der Waals surface area contributed by atoms with Gasteiger partial charge in [-0.05, 0) is 44.4 Å². The molecule has 13 heteroatoms. The molecule has 0 spiro atoms. The van der Waals surface area contributed by atoms with Gasteiger partial charge in [0.2, 0.25) is 0 Å². The van der Waals surface area contributed by atoms with E-state index in [4.69, 9.17) is 29.9 Å². The summed E-state index contributed by atoms with van der Waals surface area (Å²) in [5, 5.41) is 13.1. The monoisotopic (exact) mass is 561 g/mol. The third kappa shape index (κ3) is 5.22. The highest BCUT2D eigenvalue weighted by Gasteiger charge is 2.56. The summed E-state index contributed by atoms with van der Waals surface area (Å²) in [7, 11) is 0. The predicted octanol–water partition coefficient (Wildman–Crippen LogP) is 3.78. The van der Waals surface area contributed by atoms with Crippen molar-refractivity contribution in [1.29, 1.82) is 0 Å². The molecule has 1 saturated heterocycles. The van der Waals surface area contributed by atoms with Crippen LogP contribution in [-0.4, -0.2) is 74.0 Å². The van der Waals surface area contributed by atoms with E-state index in [1.807, 2.05) is 18.5 Å². The molecular formula is C26H33F2N7O3S. The average molecular weight is 562 g/mol. The minimum atomic E-state index is -0.847. The highest BCUT2D eigenvalue weighted by Crippen LogP contribution is 2.46. The molecule has 1 aliphatic heterocycles. The Labute approximate surface area is 229 Å². The van der Waals surface area contributed by atoms with Crippen LogP contribution in [0.2, 0.25) is 0 Å². The van der Waals surface area contributed by atoms with E-state index in [-0.39, 0.29) is 36.3 Å². The number of thioether (sulfide) groups is 1. The number of anilines is 1. The van der Waals surface area contributed by atoms with Crippen molar-refractivity contribution < 1.29 is 23.0 Å². The molecule has 39 heavy (non-hydrogen) atoms. The Morgan fingerprint density at radius 2 is 2.00 bits per heavy atom. The van der Waals surface area contributed by atoms with Gasteiger partial charge in [0, 0.05) is 30.7 Å². The van der Waals surface area contributed by atoms with Crippen molar-refractivity contribution in [2.24, 2.45) is 5.73 Å². The van der Waals surface area contributed by atoms with Gasteiger partial charge < -0.3 is 25.3 Å². The first-order valence-corrected chi connectivity index (χ1v) is 14.4. The van der Waals surface area contributed by atoms with Crippen LogP contribution in [0.1, 0.15) is 57.6 Å².